The molecule has 0 aliphatic rings. The molecule has 0 radical (unpaired) electrons. The molecule has 0 atom stereocenters. The number of hydrogen-bond donors (Lipinski definition) is 2. The molecule has 0 saturated heterocycles. The van der Waals surface area contributed by atoms with Gasteiger partial charge in [-0.25, -0.2) is 4.98 Å². The average molecular weight is 410 g/mol. The van der Waals surface area contributed by atoms with Gasteiger partial charge in [0.05, 0.1) is 6.54 Å². The van der Waals surface area contributed by atoms with Gasteiger partial charge in [0.25, 0.3) is 5.56 Å². The first-order valence-corrected chi connectivity index (χ1v) is 9.80. The van der Waals surface area contributed by atoms with Gasteiger partial charge in [-0.15, -0.1) is 0 Å². The number of aliphatic imine (C=N–C) groups is 1. The van der Waals surface area contributed by atoms with Crippen molar-refractivity contribution in [2.45, 2.75) is 19.5 Å². The van der Waals surface area contributed by atoms with E-state index in [2.05, 4.69) is 32.7 Å². The molecule has 1 aromatic carbocycles. The Bertz CT molecular complexity index is 997. The summed E-state index contributed by atoms with van der Waals surface area (Å²) in [5.41, 5.74) is 3.34. The predicted molar refractivity (Wildman–Crippen MR) is 117 cm³/mol. The SMILES string of the molecule is CN=C(NCCc1ccc(Cl)nc1)NCc1ccc(Cn2ccccc2=O)cc1. The number of halogens is 1. The Hall–Kier alpha value is -3.12. The number of guanidine groups is 1. The van der Waals surface area contributed by atoms with Crippen LogP contribution in [0.5, 0.6) is 0 Å². The number of hydrogen-bond acceptors (Lipinski definition) is 3. The van der Waals surface area contributed by atoms with Gasteiger partial charge in [-0.05, 0) is 35.2 Å². The van der Waals surface area contributed by atoms with Crippen LogP contribution in [0.2, 0.25) is 5.15 Å². The largest absolute Gasteiger partial charge is 0.356 e. The van der Waals surface area contributed by atoms with Crippen LogP contribution in [0.4, 0.5) is 0 Å². The molecule has 0 aliphatic heterocycles. The van der Waals surface area contributed by atoms with Crippen LogP contribution in [0.15, 0.2) is 76.8 Å². The molecule has 0 spiro atoms. The molecule has 6 nitrogen and oxygen atoms in total. The third kappa shape index (κ3) is 6.47. The van der Waals surface area contributed by atoms with Gasteiger partial charge in [0.1, 0.15) is 5.15 Å². The van der Waals surface area contributed by atoms with Gasteiger partial charge in [0.2, 0.25) is 0 Å². The molecule has 0 saturated carbocycles. The van der Waals surface area contributed by atoms with Crippen LogP contribution in [-0.4, -0.2) is 29.1 Å². The molecule has 2 aromatic heterocycles. The zero-order valence-electron chi connectivity index (χ0n) is 16.3. The topological polar surface area (TPSA) is 71.3 Å². The molecule has 7 heteroatoms. The van der Waals surface area contributed by atoms with E-state index in [-0.39, 0.29) is 5.56 Å². The normalized spacial score (nSPS) is 11.3. The zero-order valence-corrected chi connectivity index (χ0v) is 17.1. The summed E-state index contributed by atoms with van der Waals surface area (Å²) in [6, 6.07) is 17.1. The molecule has 3 rings (SSSR count). The van der Waals surface area contributed by atoms with Crippen LogP contribution in [-0.2, 0) is 19.5 Å². The standard InChI is InChI=1S/C22H24ClN5O/c1-24-22(25-12-11-18-9-10-20(23)26-14-18)27-15-17-5-7-19(8-6-17)16-28-13-3-2-4-21(28)29/h2-10,13-14H,11-12,15-16H2,1H3,(H2,24,25,27). The van der Waals surface area contributed by atoms with Crippen molar-refractivity contribution in [2.75, 3.05) is 13.6 Å². The van der Waals surface area contributed by atoms with Crippen LogP contribution >= 0.6 is 11.6 Å². The number of nitrogens with one attached hydrogen (secondary N) is 2. The molecular formula is C22H24ClN5O. The Morgan fingerprint density at radius 2 is 1.79 bits per heavy atom. The zero-order chi connectivity index (χ0) is 20.5. The third-order valence-corrected chi connectivity index (χ3v) is 4.68. The Morgan fingerprint density at radius 3 is 2.48 bits per heavy atom. The van der Waals surface area contributed by atoms with E-state index in [1.54, 1.807) is 42.2 Å². The van der Waals surface area contributed by atoms with E-state index in [4.69, 9.17) is 11.6 Å². The molecule has 0 fully saturated rings. The van der Waals surface area contributed by atoms with E-state index in [1.165, 1.54) is 0 Å². The first-order chi connectivity index (χ1) is 14.1. The van der Waals surface area contributed by atoms with Crippen molar-refractivity contribution in [3.05, 3.63) is 99.2 Å². The van der Waals surface area contributed by atoms with Gasteiger partial charge in [0, 0.05) is 38.6 Å². The first-order valence-electron chi connectivity index (χ1n) is 9.42. The fourth-order valence-corrected chi connectivity index (χ4v) is 2.95. The summed E-state index contributed by atoms with van der Waals surface area (Å²) in [6.45, 7) is 1.97. The molecule has 0 unspecified atom stereocenters. The van der Waals surface area contributed by atoms with Crippen LogP contribution < -0.4 is 16.2 Å². The fourth-order valence-electron chi connectivity index (χ4n) is 2.84. The van der Waals surface area contributed by atoms with E-state index in [9.17, 15) is 4.79 Å². The quantitative estimate of drug-likeness (QED) is 0.357. The van der Waals surface area contributed by atoms with Gasteiger partial charge in [0.15, 0.2) is 5.96 Å². The van der Waals surface area contributed by atoms with Crippen molar-refractivity contribution < 1.29 is 0 Å². The van der Waals surface area contributed by atoms with Crippen LogP contribution in [0, 0.1) is 0 Å². The number of benzene rings is 1. The Balaban J connectivity index is 1.46. The minimum absolute atomic E-state index is 0.00231. The third-order valence-electron chi connectivity index (χ3n) is 4.45. The summed E-state index contributed by atoms with van der Waals surface area (Å²) in [6.07, 6.45) is 4.41. The minimum Gasteiger partial charge on any atom is -0.356 e. The summed E-state index contributed by atoms with van der Waals surface area (Å²) in [5.74, 6) is 0.742. The second-order valence-corrected chi connectivity index (χ2v) is 6.96. The van der Waals surface area contributed by atoms with E-state index < -0.39 is 0 Å². The van der Waals surface area contributed by atoms with Crippen LogP contribution in [0.25, 0.3) is 0 Å². The van der Waals surface area contributed by atoms with Crippen molar-refractivity contribution in [3.8, 4) is 0 Å². The average Bonchev–Trinajstić information content (AvgIpc) is 2.74. The molecular weight excluding hydrogens is 386 g/mol. The second-order valence-electron chi connectivity index (χ2n) is 6.57. The molecule has 2 N–H and O–H groups in total. The highest BCUT2D eigenvalue weighted by Gasteiger charge is 2.01. The summed E-state index contributed by atoms with van der Waals surface area (Å²) >= 11 is 5.80. The lowest BCUT2D eigenvalue weighted by Gasteiger charge is -2.12. The monoisotopic (exact) mass is 409 g/mol. The smallest absolute Gasteiger partial charge is 0.250 e. The first kappa shape index (κ1) is 20.6. The molecule has 2 heterocycles. The van der Waals surface area contributed by atoms with Crippen molar-refractivity contribution in [2.24, 2.45) is 4.99 Å². The Labute approximate surface area is 175 Å². The molecule has 3 aromatic rings. The van der Waals surface area contributed by atoms with Crippen molar-refractivity contribution >= 4 is 17.6 Å². The maximum Gasteiger partial charge on any atom is 0.250 e. The number of nitrogens with zero attached hydrogens (tertiary/aromatic N) is 3. The lowest BCUT2D eigenvalue weighted by Crippen LogP contribution is -2.37. The predicted octanol–water partition coefficient (Wildman–Crippen LogP) is 2.85. The maximum atomic E-state index is 11.8. The number of rotatable bonds is 7. The minimum atomic E-state index is 0.00231. The van der Waals surface area contributed by atoms with Gasteiger partial charge in [-0.3, -0.25) is 9.79 Å². The lowest BCUT2D eigenvalue weighted by atomic mass is 10.1. The van der Waals surface area contributed by atoms with Gasteiger partial charge in [-0.2, -0.15) is 0 Å². The second kappa shape index (κ2) is 10.4. The highest BCUT2D eigenvalue weighted by atomic mass is 35.5. The summed E-state index contributed by atoms with van der Waals surface area (Å²) in [7, 11) is 1.75. The van der Waals surface area contributed by atoms with Crippen molar-refractivity contribution in [3.63, 3.8) is 0 Å². The molecule has 0 aliphatic carbocycles. The number of aromatic nitrogens is 2. The van der Waals surface area contributed by atoms with E-state index in [0.717, 1.165) is 35.6 Å². The van der Waals surface area contributed by atoms with E-state index in [1.807, 2.05) is 24.3 Å². The highest BCUT2D eigenvalue weighted by molar-refractivity contribution is 6.29. The molecule has 0 bridgehead atoms. The highest BCUT2D eigenvalue weighted by Crippen LogP contribution is 2.06. The van der Waals surface area contributed by atoms with Crippen molar-refractivity contribution in [1.82, 2.24) is 20.2 Å². The van der Waals surface area contributed by atoms with Gasteiger partial charge in [-0.1, -0.05) is 48.0 Å². The summed E-state index contributed by atoms with van der Waals surface area (Å²) in [5, 5.41) is 7.10. The Kier molecular flexibility index (Phi) is 7.41. The van der Waals surface area contributed by atoms with Gasteiger partial charge < -0.3 is 15.2 Å². The van der Waals surface area contributed by atoms with E-state index in [0.29, 0.717) is 18.2 Å². The maximum absolute atomic E-state index is 11.8. The van der Waals surface area contributed by atoms with Crippen molar-refractivity contribution in [1.29, 1.82) is 0 Å². The lowest BCUT2D eigenvalue weighted by molar-refractivity contribution is 0.757. The molecule has 150 valence electrons. The van der Waals surface area contributed by atoms with Gasteiger partial charge >= 0.3 is 0 Å². The number of pyridine rings is 2. The Morgan fingerprint density at radius 1 is 1.03 bits per heavy atom. The molecule has 29 heavy (non-hydrogen) atoms. The van der Waals surface area contributed by atoms with Crippen LogP contribution in [0.3, 0.4) is 0 Å². The van der Waals surface area contributed by atoms with Crippen LogP contribution in [0.1, 0.15) is 16.7 Å². The summed E-state index contributed by atoms with van der Waals surface area (Å²) < 4.78 is 1.69. The van der Waals surface area contributed by atoms with E-state index >= 15 is 0 Å². The fraction of sp³-hybridized carbons (Fsp3) is 0.227. The summed E-state index contributed by atoms with van der Waals surface area (Å²) in [4.78, 5) is 20.2. The molecule has 0 amide bonds.